The first-order valence-corrected chi connectivity index (χ1v) is 5.62. The van der Waals surface area contributed by atoms with E-state index in [0.29, 0.717) is 0 Å². The molecule has 0 atom stereocenters. The summed E-state index contributed by atoms with van der Waals surface area (Å²) < 4.78 is 0. The maximum absolute atomic E-state index is 3.33. The van der Waals surface area contributed by atoms with Gasteiger partial charge in [-0.05, 0) is 34.0 Å². The Morgan fingerprint density at radius 1 is 0.900 bits per heavy atom. The molecule has 0 radical (unpaired) electrons. The van der Waals surface area contributed by atoms with E-state index >= 15 is 0 Å². The van der Waals surface area contributed by atoms with Gasteiger partial charge in [-0.15, -0.1) is 0 Å². The van der Waals surface area contributed by atoms with Crippen molar-refractivity contribution in [2.75, 3.05) is 31.8 Å². The first-order chi connectivity index (χ1) is 4.65. The van der Waals surface area contributed by atoms with Crippen LogP contribution in [0.25, 0.3) is 0 Å². The average Bonchev–Trinajstić information content (AvgIpc) is 1.82. The second-order valence-corrected chi connectivity index (χ2v) is 4.01. The molecule has 0 spiro atoms. The molecule has 0 aliphatic rings. The van der Waals surface area contributed by atoms with Crippen molar-refractivity contribution in [2.24, 2.45) is 0 Å². The highest BCUT2D eigenvalue weighted by molar-refractivity contribution is 9.09. The third-order valence-corrected chi connectivity index (χ3v) is 1.64. The number of rotatable bonds is 3. The molecule has 0 fully saturated rings. The molecule has 0 unspecified atom stereocenters. The Kier molecular flexibility index (Phi) is 17.0. The Morgan fingerprint density at radius 2 is 1.10 bits per heavy atom. The maximum atomic E-state index is 3.33. The predicted molar refractivity (Wildman–Crippen MR) is 56.4 cm³/mol. The van der Waals surface area contributed by atoms with E-state index in [4.69, 9.17) is 0 Å². The van der Waals surface area contributed by atoms with Gasteiger partial charge >= 0.3 is 0 Å². The van der Waals surface area contributed by atoms with Crippen molar-refractivity contribution in [3.05, 3.63) is 0 Å². The molecule has 0 heterocycles. The number of unbranched alkanes of at least 4 members (excludes halogenated alkanes) is 1. The third kappa shape index (κ3) is 36.4. The SMILES string of the molecule is BrCCCCBr.CN(C)C. The van der Waals surface area contributed by atoms with Crippen molar-refractivity contribution in [2.45, 2.75) is 12.8 Å². The number of nitrogens with zero attached hydrogens (tertiary/aromatic N) is 1. The lowest BCUT2D eigenvalue weighted by Crippen LogP contribution is -1.99. The van der Waals surface area contributed by atoms with E-state index in [9.17, 15) is 0 Å². The van der Waals surface area contributed by atoms with Crippen LogP contribution in [0.1, 0.15) is 12.8 Å². The van der Waals surface area contributed by atoms with E-state index in [-0.39, 0.29) is 0 Å². The van der Waals surface area contributed by atoms with Gasteiger partial charge in [0.15, 0.2) is 0 Å². The summed E-state index contributed by atoms with van der Waals surface area (Å²) in [6.45, 7) is 0. The average molecular weight is 275 g/mol. The lowest BCUT2D eigenvalue weighted by molar-refractivity contribution is 0.505. The zero-order chi connectivity index (χ0) is 8.41. The summed E-state index contributed by atoms with van der Waals surface area (Å²) in [5.41, 5.74) is 0. The van der Waals surface area contributed by atoms with Gasteiger partial charge in [-0.25, -0.2) is 0 Å². The molecule has 0 saturated carbocycles. The number of hydrogen-bond donors (Lipinski definition) is 0. The summed E-state index contributed by atoms with van der Waals surface area (Å²) >= 11 is 6.66. The van der Waals surface area contributed by atoms with Crippen LogP contribution in [-0.4, -0.2) is 36.7 Å². The first-order valence-electron chi connectivity index (χ1n) is 3.38. The van der Waals surface area contributed by atoms with E-state index in [1.807, 2.05) is 26.0 Å². The van der Waals surface area contributed by atoms with Crippen LogP contribution in [0.3, 0.4) is 0 Å². The Bertz CT molecular complexity index is 42.1. The molecule has 0 aromatic heterocycles. The summed E-state index contributed by atoms with van der Waals surface area (Å²) in [7, 11) is 6.00. The Balaban J connectivity index is 0. The van der Waals surface area contributed by atoms with Crippen molar-refractivity contribution in [3.63, 3.8) is 0 Å². The van der Waals surface area contributed by atoms with Crippen LogP contribution in [0.2, 0.25) is 0 Å². The van der Waals surface area contributed by atoms with Crippen LogP contribution in [0, 0.1) is 0 Å². The summed E-state index contributed by atoms with van der Waals surface area (Å²) in [6, 6.07) is 0. The third-order valence-electron chi connectivity index (χ3n) is 0.517. The smallest absolute Gasteiger partial charge is 0.00315 e. The normalized spacial score (nSPS) is 9.00. The Morgan fingerprint density at radius 3 is 1.20 bits per heavy atom. The fraction of sp³-hybridized carbons (Fsp3) is 1.00. The summed E-state index contributed by atoms with van der Waals surface area (Å²) in [6.07, 6.45) is 2.57. The van der Waals surface area contributed by atoms with E-state index in [2.05, 4.69) is 31.9 Å². The van der Waals surface area contributed by atoms with Gasteiger partial charge in [0.05, 0.1) is 0 Å². The molecule has 3 heteroatoms. The van der Waals surface area contributed by atoms with Crippen molar-refractivity contribution in [3.8, 4) is 0 Å². The molecule has 0 bridgehead atoms. The van der Waals surface area contributed by atoms with Gasteiger partial charge in [0.2, 0.25) is 0 Å². The second-order valence-electron chi connectivity index (χ2n) is 2.43. The van der Waals surface area contributed by atoms with E-state index in [0.717, 1.165) is 10.7 Å². The fourth-order valence-electron chi connectivity index (χ4n) is 0.189. The molecule has 0 aliphatic heterocycles. The zero-order valence-electron chi connectivity index (χ0n) is 7.03. The van der Waals surface area contributed by atoms with Crippen LogP contribution in [0.4, 0.5) is 0 Å². The maximum Gasteiger partial charge on any atom is 0.00315 e. The van der Waals surface area contributed by atoms with Gasteiger partial charge in [-0.2, -0.15) is 0 Å². The summed E-state index contributed by atoms with van der Waals surface area (Å²) in [4.78, 5) is 2.00. The minimum Gasteiger partial charge on any atom is -0.312 e. The van der Waals surface area contributed by atoms with Gasteiger partial charge in [0, 0.05) is 10.7 Å². The van der Waals surface area contributed by atoms with E-state index < -0.39 is 0 Å². The highest BCUT2D eigenvalue weighted by Crippen LogP contribution is 1.95. The number of hydrogen-bond acceptors (Lipinski definition) is 1. The van der Waals surface area contributed by atoms with Crippen LogP contribution in [0.5, 0.6) is 0 Å². The van der Waals surface area contributed by atoms with Gasteiger partial charge in [0.1, 0.15) is 0 Å². The molecular formula is C7H17Br2N. The minimum atomic E-state index is 1.14. The summed E-state index contributed by atoms with van der Waals surface area (Å²) in [5, 5.41) is 2.28. The van der Waals surface area contributed by atoms with Crippen molar-refractivity contribution < 1.29 is 0 Å². The van der Waals surface area contributed by atoms with Crippen LogP contribution in [-0.2, 0) is 0 Å². The van der Waals surface area contributed by atoms with Crippen molar-refractivity contribution in [1.82, 2.24) is 4.90 Å². The van der Waals surface area contributed by atoms with Crippen molar-refractivity contribution in [1.29, 1.82) is 0 Å². The van der Waals surface area contributed by atoms with E-state index in [1.165, 1.54) is 12.8 Å². The fourth-order valence-corrected chi connectivity index (χ4v) is 0.982. The molecule has 0 saturated heterocycles. The molecule has 10 heavy (non-hydrogen) atoms. The van der Waals surface area contributed by atoms with Crippen LogP contribution in [0.15, 0.2) is 0 Å². The minimum absolute atomic E-state index is 1.14. The van der Waals surface area contributed by atoms with E-state index in [1.54, 1.807) is 0 Å². The zero-order valence-corrected chi connectivity index (χ0v) is 10.2. The van der Waals surface area contributed by atoms with Gasteiger partial charge in [-0.1, -0.05) is 31.9 Å². The molecule has 64 valence electrons. The van der Waals surface area contributed by atoms with Crippen LogP contribution >= 0.6 is 31.9 Å². The standard InChI is InChI=1S/C4H8Br2.C3H9N/c5-3-1-2-4-6;1-4(2)3/h1-4H2;1-3H3. The monoisotopic (exact) mass is 273 g/mol. The molecule has 0 aromatic carbocycles. The quantitative estimate of drug-likeness (QED) is 0.565. The van der Waals surface area contributed by atoms with Gasteiger partial charge in [0.25, 0.3) is 0 Å². The molecule has 0 rings (SSSR count). The number of halogens is 2. The Labute approximate surface area is 81.4 Å². The van der Waals surface area contributed by atoms with Gasteiger partial charge in [-0.3, -0.25) is 0 Å². The first kappa shape index (κ1) is 13.5. The molecule has 0 amide bonds. The van der Waals surface area contributed by atoms with Gasteiger partial charge < -0.3 is 4.90 Å². The lowest BCUT2D eigenvalue weighted by Gasteiger charge is -1.90. The summed E-state index contributed by atoms with van der Waals surface area (Å²) in [5.74, 6) is 0. The predicted octanol–water partition coefficient (Wildman–Crippen LogP) is 2.73. The molecule has 0 aliphatic carbocycles. The molecular weight excluding hydrogens is 258 g/mol. The highest BCUT2D eigenvalue weighted by atomic mass is 79.9. The highest BCUT2D eigenvalue weighted by Gasteiger charge is 1.77. The second kappa shape index (κ2) is 12.6. The largest absolute Gasteiger partial charge is 0.312 e. The molecule has 0 aromatic rings. The van der Waals surface area contributed by atoms with Crippen molar-refractivity contribution >= 4 is 31.9 Å². The number of alkyl halides is 2. The topological polar surface area (TPSA) is 3.24 Å². The lowest BCUT2D eigenvalue weighted by atomic mass is 10.4. The Hall–Kier alpha value is 0.920. The van der Waals surface area contributed by atoms with Crippen LogP contribution < -0.4 is 0 Å². The molecule has 1 nitrogen and oxygen atoms in total. The molecule has 0 N–H and O–H groups in total.